The quantitative estimate of drug-likeness (QED) is 0.112. The van der Waals surface area contributed by atoms with Gasteiger partial charge in [-0.1, -0.05) is 200 Å². The zero-order chi connectivity index (χ0) is 57.9. The number of hydrogen-bond acceptors (Lipinski definition) is 1. The van der Waals surface area contributed by atoms with Gasteiger partial charge in [-0.25, -0.2) is 0 Å². The third kappa shape index (κ3) is 5.43. The molecule has 0 fully saturated rings. The maximum absolute atomic E-state index is 10.9. The first-order valence-corrected chi connectivity index (χ1v) is 23.4. The van der Waals surface area contributed by atoms with Crippen molar-refractivity contribution in [1.29, 1.82) is 0 Å². The van der Waals surface area contributed by atoms with E-state index in [9.17, 15) is 16.4 Å². The minimum atomic E-state index is -5.58. The van der Waals surface area contributed by atoms with Crippen LogP contribution in [-0.2, 0) is 0 Å². The lowest BCUT2D eigenvalue weighted by Gasteiger charge is -2.35. The molecule has 0 saturated carbocycles. The van der Waals surface area contributed by atoms with E-state index in [0.29, 0.717) is 21.8 Å². The van der Waals surface area contributed by atoms with Gasteiger partial charge in [-0.05, 0) is 74.3 Å². The fraction of sp³-hybridized carbons (Fsp3) is 0. The van der Waals surface area contributed by atoms with E-state index in [1.54, 1.807) is 34.1 Å². The summed E-state index contributed by atoms with van der Waals surface area (Å²) in [5, 5.41) is 3.22. The molecule has 13 rings (SSSR count). The molecule has 0 aliphatic carbocycles. The van der Waals surface area contributed by atoms with Crippen LogP contribution in [0.4, 0.5) is 0 Å². The number of aromatic nitrogens is 2. The summed E-state index contributed by atoms with van der Waals surface area (Å²) in [6, 6.07) is 26.2. The summed E-state index contributed by atoms with van der Waals surface area (Å²) in [5.41, 5.74) is 2.03. The number of benzene rings is 10. The van der Waals surface area contributed by atoms with E-state index in [2.05, 4.69) is 34.9 Å². The van der Waals surface area contributed by atoms with Crippen LogP contribution in [0.3, 0.4) is 0 Å². The molecule has 0 saturated heterocycles. The first kappa shape index (κ1) is 23.1. The predicted octanol–water partition coefficient (Wildman–Crippen LogP) is 13.3. The number of hydrogen-bond donors (Lipinski definition) is 0. The smallest absolute Gasteiger partial charge is 0.179 e. The van der Waals surface area contributed by atoms with Gasteiger partial charge in [0.1, 0.15) is 0 Å². The van der Waals surface area contributed by atoms with Crippen LogP contribution in [0.2, 0.25) is 0 Å². The topological polar surface area (TPSA) is 9.86 Å². The van der Waals surface area contributed by atoms with Crippen LogP contribution in [0.1, 0.15) is 24.7 Å². The zero-order valence-electron chi connectivity index (χ0n) is 51.5. The van der Waals surface area contributed by atoms with Crippen LogP contribution in [0.15, 0.2) is 242 Å². The van der Waals surface area contributed by atoms with Crippen molar-refractivity contribution in [3.05, 3.63) is 242 Å². The van der Waals surface area contributed by atoms with Crippen molar-refractivity contribution < 1.29 is 24.7 Å². The van der Waals surface area contributed by atoms with Crippen molar-refractivity contribution in [2.45, 2.75) is 0 Å². The Bertz CT molecular complexity index is 4890. The summed E-state index contributed by atoms with van der Waals surface area (Å²) in [4.78, 5) is 0. The number of fused-ring (bicyclic) bond motifs is 10. The van der Waals surface area contributed by atoms with E-state index >= 15 is 0 Å². The largest absolute Gasteiger partial charge is 0.309 e. The molecule has 3 heterocycles. The normalized spacial score (nSPS) is 16.8. The summed E-state index contributed by atoms with van der Waals surface area (Å²) in [6.07, 6.45) is 0. The van der Waals surface area contributed by atoms with Gasteiger partial charge in [-0.3, -0.25) is 0 Å². The maximum Gasteiger partial charge on any atom is 0.179 e. The second kappa shape index (κ2) is 14.7. The summed E-state index contributed by atoms with van der Waals surface area (Å²) >= 11 is 1.55. The van der Waals surface area contributed by atoms with E-state index in [1.165, 1.54) is 24.3 Å². The molecule has 10 aromatic carbocycles. The Morgan fingerprint density at radius 3 is 1.64 bits per heavy atom. The molecule has 0 bridgehead atoms. The Balaban J connectivity index is 1.27. The van der Waals surface area contributed by atoms with E-state index in [4.69, 9.17) is 8.22 Å². The summed E-state index contributed by atoms with van der Waals surface area (Å²) in [7, 11) is -5.58. The third-order valence-electron chi connectivity index (χ3n) is 12.1. The molecule has 3 aromatic heterocycles. The van der Waals surface area contributed by atoms with Crippen LogP contribution in [0.25, 0.3) is 86.3 Å². The lowest BCUT2D eigenvalue weighted by molar-refractivity contribution is 1.18. The highest BCUT2D eigenvalue weighted by Gasteiger charge is 2.42. The lowest BCUT2D eigenvalue weighted by atomic mass is 10.1. The molecule has 1 unspecified atom stereocenters. The Labute approximate surface area is 401 Å². The Hall–Kier alpha value is -7.76. The molecule has 0 spiro atoms. The molecular formula is C60H40N2SSi. The van der Waals surface area contributed by atoms with Crippen LogP contribution in [0, 0.1) is 0 Å². The Morgan fingerprint density at radius 2 is 0.938 bits per heavy atom. The van der Waals surface area contributed by atoms with Crippen molar-refractivity contribution in [3.63, 3.8) is 0 Å². The van der Waals surface area contributed by atoms with E-state index in [0.717, 1.165) is 47.7 Å². The molecule has 0 amide bonds. The minimum absolute atomic E-state index is 0.00554. The van der Waals surface area contributed by atoms with Crippen molar-refractivity contribution in [2.24, 2.45) is 0 Å². The first-order valence-electron chi connectivity index (χ1n) is 29.5. The third-order valence-corrected chi connectivity index (χ3v) is 17.5. The second-order valence-corrected chi connectivity index (χ2v) is 20.0. The van der Waals surface area contributed by atoms with Gasteiger partial charge in [0.05, 0.1) is 57.1 Å². The minimum Gasteiger partial charge on any atom is -0.309 e. The van der Waals surface area contributed by atoms with Crippen molar-refractivity contribution in [1.82, 2.24) is 9.13 Å². The van der Waals surface area contributed by atoms with E-state index in [1.807, 2.05) is 60.7 Å². The molecule has 0 N–H and O–H groups in total. The molecule has 64 heavy (non-hydrogen) atoms. The van der Waals surface area contributed by atoms with Gasteiger partial charge in [-0.2, -0.15) is 0 Å². The average molecular weight is 867 g/mol. The standard InChI is InChI=1S/C60H40N2SSi/c1-4-20-41(21-5-1)42-22-18-28-46(38-42)64(44-24-6-2-7-25-44,45-26-8-3-9-27-45)47-29-19-23-43(39-47)61-53-34-14-12-32-50(53)52-40-56(60-58(59(52)61)51-33-13-17-37-57(51)63-60)62-54-35-15-10-30-48(54)49-31-11-16-36-55(49)62/h1-40H/i1D,2D,4D,5D,6D,7D,18D,19D,20D,21D,22D,23D,24D,25D,28D,29D,38D,39D. The van der Waals surface area contributed by atoms with Crippen molar-refractivity contribution >= 4 is 104 Å². The van der Waals surface area contributed by atoms with Gasteiger partial charge >= 0.3 is 0 Å². The highest BCUT2D eigenvalue weighted by molar-refractivity contribution is 7.26. The van der Waals surface area contributed by atoms with Crippen molar-refractivity contribution in [2.75, 3.05) is 0 Å². The highest BCUT2D eigenvalue weighted by atomic mass is 32.1. The Morgan fingerprint density at radius 1 is 0.406 bits per heavy atom. The number of para-hydroxylation sites is 3. The molecule has 13 aromatic rings. The van der Waals surface area contributed by atoms with Crippen LogP contribution in [0.5, 0.6) is 0 Å². The van der Waals surface area contributed by atoms with Gasteiger partial charge in [0, 0.05) is 42.7 Å². The lowest BCUT2D eigenvalue weighted by Crippen LogP contribution is -2.74. The molecule has 1 atom stereocenters. The molecule has 0 aliphatic rings. The van der Waals surface area contributed by atoms with E-state index in [-0.39, 0.29) is 10.9 Å². The van der Waals surface area contributed by atoms with Crippen molar-refractivity contribution in [3.8, 4) is 22.5 Å². The van der Waals surface area contributed by atoms with Crippen LogP contribution >= 0.6 is 11.3 Å². The van der Waals surface area contributed by atoms with Crippen LogP contribution in [-0.4, -0.2) is 17.2 Å². The molecule has 4 heteroatoms. The predicted molar refractivity (Wildman–Crippen MR) is 277 cm³/mol. The first-order chi connectivity index (χ1) is 39.3. The monoisotopic (exact) mass is 866 g/mol. The molecule has 0 radical (unpaired) electrons. The van der Waals surface area contributed by atoms with E-state index < -0.39 is 144 Å². The van der Waals surface area contributed by atoms with Gasteiger partial charge in [0.25, 0.3) is 0 Å². The zero-order valence-corrected chi connectivity index (χ0v) is 35.3. The molecule has 300 valence electrons. The fourth-order valence-corrected chi connectivity index (χ4v) is 14.6. The molecule has 2 nitrogen and oxygen atoms in total. The summed E-state index contributed by atoms with van der Waals surface area (Å²) in [6.45, 7) is 0. The Kier molecular flexibility index (Phi) is 5.29. The van der Waals surface area contributed by atoms with Gasteiger partial charge in [-0.15, -0.1) is 11.3 Å². The van der Waals surface area contributed by atoms with Gasteiger partial charge < -0.3 is 9.13 Å². The number of rotatable bonds is 7. The maximum atomic E-state index is 10.9. The average Bonchev–Trinajstić information content (AvgIpc) is 1.17. The second-order valence-electron chi connectivity index (χ2n) is 15.4. The molecule has 0 aliphatic heterocycles. The highest BCUT2D eigenvalue weighted by Crippen LogP contribution is 2.47. The number of thiophene rings is 1. The molecular weight excluding hydrogens is 809 g/mol. The SMILES string of the molecule is [2H]c1c([2H])c([2H])c(-c2c([2H])c([2H])c([2H])c([Si](c3ccccc3)(c3c([2H])c([2H])c([2H])c([2H])c3[2H])c3c([2H])c([2H])c([2H])c(-n4c5ccccc5c5cc(-n6c7ccccc7c7ccccc76)c6sc7ccccc7c6c54)c3[2H])c2[2H])c([2H])c1[2H]. The van der Waals surface area contributed by atoms with Gasteiger partial charge in [0.2, 0.25) is 0 Å². The summed E-state index contributed by atoms with van der Waals surface area (Å²) < 4.78 is 176. The summed E-state index contributed by atoms with van der Waals surface area (Å²) in [5.74, 6) is 0. The van der Waals surface area contributed by atoms with Crippen LogP contribution < -0.4 is 20.7 Å². The number of nitrogens with zero attached hydrogens (tertiary/aromatic N) is 2. The van der Waals surface area contributed by atoms with Gasteiger partial charge in [0.15, 0.2) is 8.07 Å². The fourth-order valence-electron chi connectivity index (χ4n) is 9.50.